The first-order valence-electron chi connectivity index (χ1n) is 1.88. The summed E-state index contributed by atoms with van der Waals surface area (Å²) in [5, 5.41) is 0. The first-order chi connectivity index (χ1) is 3.97. The molecule has 0 saturated carbocycles. The fourth-order valence-electron chi connectivity index (χ4n) is 0. The van der Waals surface area contributed by atoms with E-state index >= 15 is 0 Å². The zero-order valence-corrected chi connectivity index (χ0v) is 6.35. The van der Waals surface area contributed by atoms with Gasteiger partial charge in [0.15, 0.2) is 0 Å². The zero-order valence-electron chi connectivity index (χ0n) is 4.64. The minimum atomic E-state index is -3.66. The predicted molar refractivity (Wildman–Crippen MR) is 32.2 cm³/mol. The van der Waals surface area contributed by atoms with Crippen molar-refractivity contribution in [2.24, 2.45) is 0 Å². The third-order valence-corrected chi connectivity index (χ3v) is 1.09. The molecule has 0 aromatic heterocycles. The Hall–Kier alpha value is -0.140. The van der Waals surface area contributed by atoms with E-state index in [0.29, 0.717) is 0 Å². The molecule has 9 heavy (non-hydrogen) atoms. The van der Waals surface area contributed by atoms with E-state index in [4.69, 9.17) is 13.0 Å². The lowest BCUT2D eigenvalue weighted by Gasteiger charge is -1.79. The summed E-state index contributed by atoms with van der Waals surface area (Å²) in [4.78, 5) is 0. The summed E-state index contributed by atoms with van der Waals surface area (Å²) in [5.74, 6) is -0.201. The van der Waals surface area contributed by atoms with Crippen LogP contribution in [0.5, 0.6) is 0 Å². The summed E-state index contributed by atoms with van der Waals surface area (Å²) in [6.45, 7) is 1.37. The summed E-state index contributed by atoms with van der Waals surface area (Å²) in [6.07, 6.45) is 0. The van der Waals surface area contributed by atoms with Crippen LogP contribution in [0.3, 0.4) is 0 Å². The van der Waals surface area contributed by atoms with Crippen LogP contribution in [0.25, 0.3) is 0 Å². The van der Waals surface area contributed by atoms with Gasteiger partial charge in [-0.05, 0) is 6.92 Å². The molecular formula is C2H7O5S2-. The molecule has 0 fully saturated rings. The second-order valence-electron chi connectivity index (χ2n) is 0.945. The molecule has 1 N–H and O–H groups in total. The lowest BCUT2D eigenvalue weighted by Crippen LogP contribution is -1.97. The number of hydrogen-bond donors (Lipinski definition) is 1. The fourth-order valence-corrected chi connectivity index (χ4v) is 0. The van der Waals surface area contributed by atoms with Gasteiger partial charge in [-0.3, -0.25) is 4.55 Å². The van der Waals surface area contributed by atoms with Gasteiger partial charge >= 0.3 is 0 Å². The highest BCUT2D eigenvalue weighted by atomic mass is 32.2. The van der Waals surface area contributed by atoms with Crippen molar-refractivity contribution in [1.29, 1.82) is 0 Å². The minimum Gasteiger partial charge on any atom is -0.427 e. The summed E-state index contributed by atoms with van der Waals surface area (Å²) >= 11 is -1.08. The quantitative estimate of drug-likeness (QED) is 0.326. The summed E-state index contributed by atoms with van der Waals surface area (Å²) in [7, 11) is -3.66. The third-order valence-electron chi connectivity index (χ3n) is 0.365. The van der Waals surface area contributed by atoms with E-state index in [1.807, 2.05) is 0 Å². The molecule has 0 saturated heterocycles. The maximum atomic E-state index is 9.56. The van der Waals surface area contributed by atoms with Crippen molar-refractivity contribution >= 4 is 21.7 Å². The van der Waals surface area contributed by atoms with Crippen LogP contribution in [-0.2, 0) is 30.1 Å². The zero-order chi connectivity index (χ0) is 7.91. The summed E-state index contributed by atoms with van der Waals surface area (Å²) in [6, 6.07) is 0. The van der Waals surface area contributed by atoms with E-state index in [2.05, 4.69) is 0 Å². The van der Waals surface area contributed by atoms with E-state index in [0.717, 1.165) is 0 Å². The van der Waals surface area contributed by atoms with E-state index in [9.17, 15) is 8.42 Å². The van der Waals surface area contributed by atoms with Crippen LogP contribution in [0, 0.1) is 0 Å². The van der Waals surface area contributed by atoms with Crippen molar-refractivity contribution in [3.8, 4) is 0 Å². The van der Waals surface area contributed by atoms with Crippen molar-refractivity contribution in [2.45, 2.75) is 6.92 Å². The maximum absolute atomic E-state index is 9.56. The van der Waals surface area contributed by atoms with Gasteiger partial charge in [0.25, 0.3) is 10.1 Å². The van der Waals surface area contributed by atoms with Gasteiger partial charge in [0.05, 0.1) is 5.75 Å². The fraction of sp³-hybridized carbons (Fsp3) is 1.00. The summed E-state index contributed by atoms with van der Waals surface area (Å²) in [5.41, 5.74) is 0. The average molecular weight is 175 g/mol. The van der Waals surface area contributed by atoms with Gasteiger partial charge in [-0.1, -0.05) is 11.6 Å². The molecule has 0 bridgehead atoms. The Balaban J connectivity index is 0. The van der Waals surface area contributed by atoms with Gasteiger partial charge in [0.1, 0.15) is 0 Å². The standard InChI is InChI=1S/C2H6O3S.HO2S/c1-2-6(3,4)5;1-3-2/h2H2,1H3,(H,3,4,5);3H/q;-1. The van der Waals surface area contributed by atoms with Gasteiger partial charge in [0, 0.05) is 0 Å². The second-order valence-corrected chi connectivity index (χ2v) is 2.84. The number of thiol groups is 1. The van der Waals surface area contributed by atoms with Crippen molar-refractivity contribution < 1.29 is 21.4 Å². The van der Waals surface area contributed by atoms with Crippen LogP contribution in [0.1, 0.15) is 6.92 Å². The van der Waals surface area contributed by atoms with Crippen LogP contribution < -0.4 is 0 Å². The van der Waals surface area contributed by atoms with Gasteiger partial charge in [-0.15, -0.1) is 0 Å². The van der Waals surface area contributed by atoms with Gasteiger partial charge < -0.3 is 8.42 Å². The van der Waals surface area contributed by atoms with Crippen LogP contribution >= 0.6 is 0 Å². The minimum absolute atomic E-state index is 0.201. The highest BCUT2D eigenvalue weighted by molar-refractivity contribution is 7.85. The second kappa shape index (κ2) is 5.99. The Morgan fingerprint density at radius 1 is 1.44 bits per heavy atom. The third kappa shape index (κ3) is 33.0. The molecule has 5 nitrogen and oxygen atoms in total. The summed E-state index contributed by atoms with van der Waals surface area (Å²) < 4.78 is 43.6. The first-order valence-corrected chi connectivity index (χ1v) is 4.22. The number of hydrogen-bond acceptors (Lipinski definition) is 5. The molecule has 0 atom stereocenters. The topological polar surface area (TPSA) is 88.5 Å². The Morgan fingerprint density at radius 2 is 1.56 bits per heavy atom. The van der Waals surface area contributed by atoms with Gasteiger partial charge in [-0.25, -0.2) is 0 Å². The molecule has 58 valence electrons. The van der Waals surface area contributed by atoms with Crippen molar-refractivity contribution in [3.63, 3.8) is 0 Å². The Labute approximate surface area is 56.4 Å². The van der Waals surface area contributed by atoms with Crippen LogP contribution in [0.2, 0.25) is 0 Å². The highest BCUT2D eigenvalue weighted by Gasteiger charge is 1.93. The van der Waals surface area contributed by atoms with Crippen molar-refractivity contribution in [1.82, 2.24) is 0 Å². The lowest BCUT2D eigenvalue weighted by molar-refractivity contribution is 0.484. The van der Waals surface area contributed by atoms with Crippen molar-refractivity contribution in [2.75, 3.05) is 5.75 Å². The first kappa shape index (κ1) is 11.6. The predicted octanol–water partition coefficient (Wildman–Crippen LogP) is -0.614. The molecule has 7 heteroatoms. The molecule has 0 aliphatic rings. The molecule has 0 amide bonds. The smallest absolute Gasteiger partial charge is 0.264 e. The lowest BCUT2D eigenvalue weighted by atomic mass is 11.0. The Bertz CT molecular complexity index is 173. The molecule has 0 aliphatic carbocycles. The van der Waals surface area contributed by atoms with Gasteiger partial charge in [-0.2, -0.15) is 8.42 Å². The average Bonchev–Trinajstić information content (AvgIpc) is 1.67. The Kier molecular flexibility index (Phi) is 7.74. The van der Waals surface area contributed by atoms with E-state index in [1.54, 1.807) is 0 Å². The van der Waals surface area contributed by atoms with Crippen LogP contribution in [0.4, 0.5) is 0 Å². The molecule has 0 aromatic carbocycles. The highest BCUT2D eigenvalue weighted by Crippen LogP contribution is 1.74. The van der Waals surface area contributed by atoms with E-state index in [-0.39, 0.29) is 5.75 Å². The molecular weight excluding hydrogens is 168 g/mol. The molecule has 0 aromatic rings. The molecule has 0 spiro atoms. The molecule has 0 aliphatic heterocycles. The van der Waals surface area contributed by atoms with Crippen LogP contribution in [0.15, 0.2) is 0 Å². The molecule has 0 radical (unpaired) electrons. The van der Waals surface area contributed by atoms with Gasteiger partial charge in [0.2, 0.25) is 0 Å². The monoisotopic (exact) mass is 175 g/mol. The van der Waals surface area contributed by atoms with Crippen molar-refractivity contribution in [3.05, 3.63) is 0 Å². The SMILES string of the molecule is CCS(=O)(=O)O.O=[SH-]=O. The normalized spacial score (nSPS) is 9.56. The molecule has 0 rings (SSSR count). The van der Waals surface area contributed by atoms with Crippen LogP contribution in [-0.4, -0.2) is 18.7 Å². The van der Waals surface area contributed by atoms with E-state index in [1.165, 1.54) is 6.92 Å². The molecule has 0 heterocycles. The number of rotatable bonds is 1. The Morgan fingerprint density at radius 3 is 1.56 bits per heavy atom. The molecule has 0 unspecified atom stereocenters. The largest absolute Gasteiger partial charge is 0.427 e. The maximum Gasteiger partial charge on any atom is 0.264 e. The van der Waals surface area contributed by atoms with E-state index < -0.39 is 21.7 Å².